The highest BCUT2D eigenvalue weighted by Crippen LogP contribution is 2.36. The summed E-state index contributed by atoms with van der Waals surface area (Å²) in [5.41, 5.74) is 1.87. The van der Waals surface area contributed by atoms with Gasteiger partial charge < -0.3 is 15.0 Å². The molecule has 11 heteroatoms. The minimum atomic E-state index is -4.43. The normalized spacial score (nSPS) is 19.7. The highest BCUT2D eigenvalue weighted by Gasteiger charge is 2.33. The van der Waals surface area contributed by atoms with Crippen molar-refractivity contribution in [2.45, 2.75) is 32.0 Å². The first kappa shape index (κ1) is 24.6. The van der Waals surface area contributed by atoms with Crippen LogP contribution in [0.25, 0.3) is 0 Å². The number of aromatic nitrogens is 2. The van der Waals surface area contributed by atoms with Gasteiger partial charge in [0.2, 0.25) is 5.91 Å². The molecule has 7 nitrogen and oxygen atoms in total. The van der Waals surface area contributed by atoms with Gasteiger partial charge in [-0.25, -0.2) is 9.97 Å². The molecule has 0 unspecified atom stereocenters. The summed E-state index contributed by atoms with van der Waals surface area (Å²) >= 11 is 0.556. The molecule has 1 amide bonds. The van der Waals surface area contributed by atoms with Crippen LogP contribution in [0.1, 0.15) is 29.0 Å². The van der Waals surface area contributed by atoms with E-state index in [4.69, 9.17) is 4.74 Å². The van der Waals surface area contributed by atoms with Gasteiger partial charge in [-0.05, 0) is 49.0 Å². The summed E-state index contributed by atoms with van der Waals surface area (Å²) in [4.78, 5) is 23.9. The van der Waals surface area contributed by atoms with E-state index >= 15 is 0 Å². The second-order valence-corrected chi connectivity index (χ2v) is 9.62. The quantitative estimate of drug-likeness (QED) is 0.584. The molecule has 2 aliphatic rings. The number of carbonyl (C=O) groups excluding carboxylic acids is 1. The number of ether oxygens (including phenoxy) is 1. The maximum atomic E-state index is 13.0. The molecule has 4 heterocycles. The molecule has 1 atom stereocenters. The molecule has 2 aromatic rings. The lowest BCUT2D eigenvalue weighted by atomic mass is 9.92. The predicted molar refractivity (Wildman–Crippen MR) is 124 cm³/mol. The Hall–Kier alpha value is -2.50. The fraction of sp³-hybridized carbons (Fsp3) is 0.522. The molecule has 1 N–H and O–H groups in total. The van der Waals surface area contributed by atoms with Crippen molar-refractivity contribution >= 4 is 28.2 Å². The monoisotopic (exact) mass is 495 g/mol. The van der Waals surface area contributed by atoms with Gasteiger partial charge in [0.25, 0.3) is 0 Å². The summed E-state index contributed by atoms with van der Waals surface area (Å²) in [6.45, 7) is 8.65. The summed E-state index contributed by atoms with van der Waals surface area (Å²) in [5.74, 6) is 0.664. The molecule has 0 aromatic carbocycles. The summed E-state index contributed by atoms with van der Waals surface area (Å²) in [5, 5.41) is 3.11. The Labute approximate surface area is 200 Å². The maximum Gasteiger partial charge on any atom is 0.427 e. The molecule has 2 aromatic heterocycles. The Morgan fingerprint density at radius 1 is 1.29 bits per heavy atom. The number of anilines is 2. The number of likely N-dealkylation sites (tertiary alicyclic amines) is 1. The van der Waals surface area contributed by atoms with E-state index in [0.717, 1.165) is 49.9 Å². The number of pyridine rings is 1. The van der Waals surface area contributed by atoms with Crippen LogP contribution in [0.5, 0.6) is 0 Å². The molecule has 2 saturated heterocycles. The first-order chi connectivity index (χ1) is 16.3. The van der Waals surface area contributed by atoms with Crippen LogP contribution in [0.4, 0.5) is 24.1 Å². The molecule has 0 spiro atoms. The third-order valence-corrected chi connectivity index (χ3v) is 6.93. The average Bonchev–Trinajstić information content (AvgIpc) is 3.28. The summed E-state index contributed by atoms with van der Waals surface area (Å²) in [7, 11) is 0. The predicted octanol–water partition coefficient (Wildman–Crippen LogP) is 4.10. The lowest BCUT2D eigenvalue weighted by Gasteiger charge is -2.32. The van der Waals surface area contributed by atoms with Crippen molar-refractivity contribution in [1.29, 1.82) is 0 Å². The number of amides is 1. The van der Waals surface area contributed by atoms with E-state index in [1.165, 1.54) is 6.08 Å². The molecule has 0 saturated carbocycles. The topological polar surface area (TPSA) is 70.6 Å². The number of carbonyl (C=O) groups is 1. The molecular formula is C23H28F3N5O2S. The van der Waals surface area contributed by atoms with Crippen LogP contribution in [0.15, 0.2) is 31.0 Å². The van der Waals surface area contributed by atoms with Crippen molar-refractivity contribution in [1.82, 2.24) is 19.8 Å². The fourth-order valence-corrected chi connectivity index (χ4v) is 5.05. The van der Waals surface area contributed by atoms with Gasteiger partial charge in [-0.1, -0.05) is 17.9 Å². The Morgan fingerprint density at radius 2 is 2.09 bits per heavy atom. The third-order valence-electron chi connectivity index (χ3n) is 5.97. The van der Waals surface area contributed by atoms with E-state index in [0.29, 0.717) is 49.9 Å². The number of rotatable bonds is 7. The van der Waals surface area contributed by atoms with Crippen LogP contribution in [-0.4, -0.2) is 65.1 Å². The minimum Gasteiger partial charge on any atom is -0.379 e. The molecular weight excluding hydrogens is 467 g/mol. The Balaban J connectivity index is 1.53. The Morgan fingerprint density at radius 3 is 2.79 bits per heavy atom. The molecule has 2 fully saturated rings. The van der Waals surface area contributed by atoms with Gasteiger partial charge in [-0.15, -0.1) is 0 Å². The van der Waals surface area contributed by atoms with Gasteiger partial charge in [-0.2, -0.15) is 13.2 Å². The zero-order chi connectivity index (χ0) is 24.1. The number of nitrogens with one attached hydrogen (secondary N) is 1. The maximum absolute atomic E-state index is 13.0. The van der Waals surface area contributed by atoms with E-state index in [2.05, 4.69) is 32.8 Å². The van der Waals surface area contributed by atoms with Crippen LogP contribution < -0.4 is 5.32 Å². The number of piperidine rings is 1. The van der Waals surface area contributed by atoms with E-state index in [9.17, 15) is 18.0 Å². The summed E-state index contributed by atoms with van der Waals surface area (Å²) < 4.78 is 44.4. The van der Waals surface area contributed by atoms with Crippen LogP contribution in [-0.2, 0) is 28.7 Å². The van der Waals surface area contributed by atoms with Crippen molar-refractivity contribution in [3.8, 4) is 0 Å². The van der Waals surface area contributed by atoms with Crippen molar-refractivity contribution in [2.24, 2.45) is 5.92 Å². The van der Waals surface area contributed by atoms with Crippen molar-refractivity contribution in [3.05, 3.63) is 47.1 Å². The van der Waals surface area contributed by atoms with Crippen LogP contribution >= 0.6 is 11.3 Å². The van der Waals surface area contributed by atoms with E-state index in [1.54, 1.807) is 0 Å². The summed E-state index contributed by atoms with van der Waals surface area (Å²) in [6.07, 6.45) is 0.332. The van der Waals surface area contributed by atoms with Crippen LogP contribution in [0, 0.1) is 5.92 Å². The molecule has 0 aliphatic carbocycles. The number of thiazole rings is 1. The van der Waals surface area contributed by atoms with Gasteiger partial charge in [0, 0.05) is 38.4 Å². The second-order valence-electron chi connectivity index (χ2n) is 8.59. The van der Waals surface area contributed by atoms with Gasteiger partial charge >= 0.3 is 6.18 Å². The van der Waals surface area contributed by atoms with Crippen molar-refractivity contribution in [2.75, 3.05) is 44.7 Å². The van der Waals surface area contributed by atoms with Gasteiger partial charge in [0.1, 0.15) is 10.7 Å². The average molecular weight is 496 g/mol. The van der Waals surface area contributed by atoms with Crippen molar-refractivity contribution in [3.63, 3.8) is 0 Å². The lowest BCUT2D eigenvalue weighted by Crippen LogP contribution is -2.39. The first-order valence-electron chi connectivity index (χ1n) is 11.3. The van der Waals surface area contributed by atoms with E-state index < -0.39 is 11.1 Å². The summed E-state index contributed by atoms with van der Waals surface area (Å²) in [6, 6.07) is 3.92. The van der Waals surface area contributed by atoms with Gasteiger partial charge in [-0.3, -0.25) is 9.69 Å². The number of morpholine rings is 1. The van der Waals surface area contributed by atoms with E-state index in [-0.39, 0.29) is 17.0 Å². The second kappa shape index (κ2) is 10.8. The Bertz CT molecular complexity index is 1010. The lowest BCUT2D eigenvalue weighted by molar-refractivity contribution is -0.134. The fourth-order valence-electron chi connectivity index (χ4n) is 4.36. The molecule has 0 bridgehead atoms. The molecule has 0 radical (unpaired) electrons. The largest absolute Gasteiger partial charge is 0.427 e. The van der Waals surface area contributed by atoms with Gasteiger partial charge in [0.05, 0.1) is 19.4 Å². The number of alkyl halides is 3. The first-order valence-corrected chi connectivity index (χ1v) is 12.1. The Kier molecular flexibility index (Phi) is 7.84. The third kappa shape index (κ3) is 6.55. The number of hydrogen-bond donors (Lipinski definition) is 1. The standard InChI is InChI=1S/C23H28F3N5O2S/c1-2-21(32)31-5-3-4-16(15-31)10-18-11-17(14-30-6-8-33-9-7-30)12-20(28-18)29-22-27-13-19(34-22)23(24,25)26/h2,11-13,16H,1,3-10,14-15H2,(H,27,28,29)/t16-/m1/s1. The smallest absolute Gasteiger partial charge is 0.379 e. The van der Waals surface area contributed by atoms with Crippen LogP contribution in [0.3, 0.4) is 0 Å². The minimum absolute atomic E-state index is 0.0645. The zero-order valence-corrected chi connectivity index (χ0v) is 19.6. The highest BCUT2D eigenvalue weighted by molar-refractivity contribution is 7.15. The zero-order valence-electron chi connectivity index (χ0n) is 18.8. The number of hydrogen-bond acceptors (Lipinski definition) is 7. The number of nitrogens with zero attached hydrogens (tertiary/aromatic N) is 4. The van der Waals surface area contributed by atoms with Gasteiger partial charge in [0.15, 0.2) is 5.13 Å². The van der Waals surface area contributed by atoms with Crippen molar-refractivity contribution < 1.29 is 22.7 Å². The van der Waals surface area contributed by atoms with E-state index in [1.807, 2.05) is 11.0 Å². The van der Waals surface area contributed by atoms with Crippen LogP contribution in [0.2, 0.25) is 0 Å². The number of halogens is 3. The molecule has 2 aliphatic heterocycles. The highest BCUT2D eigenvalue weighted by atomic mass is 32.1. The SMILES string of the molecule is C=CC(=O)N1CCC[C@H](Cc2cc(CN3CCOCC3)cc(Nc3ncc(C(F)(F)F)s3)n2)C1. The molecule has 184 valence electrons. The molecule has 34 heavy (non-hydrogen) atoms. The molecule has 4 rings (SSSR count).